The van der Waals surface area contributed by atoms with Crippen LogP contribution < -0.4 is 10.9 Å². The van der Waals surface area contributed by atoms with Gasteiger partial charge in [-0.25, -0.2) is 5.43 Å². The normalized spacial score (nSPS) is 11.9. The molecule has 10 heteroatoms. The summed E-state index contributed by atoms with van der Waals surface area (Å²) in [6.07, 6.45) is 0. The molecule has 0 fully saturated rings. The zero-order valence-electron chi connectivity index (χ0n) is 17.7. The highest BCUT2D eigenvalue weighted by molar-refractivity contribution is 7.16. The van der Waals surface area contributed by atoms with Crippen LogP contribution in [0, 0.1) is 0 Å². The van der Waals surface area contributed by atoms with Crippen molar-refractivity contribution in [3.8, 4) is 16.2 Å². The maximum atomic E-state index is 12.5. The van der Waals surface area contributed by atoms with Crippen molar-refractivity contribution in [2.45, 2.75) is 26.8 Å². The minimum atomic E-state index is -0.358. The molecule has 3 rings (SSSR count). The number of hydrazine groups is 1. The quantitative estimate of drug-likeness (QED) is 0.325. The number of amides is 2. The van der Waals surface area contributed by atoms with Crippen molar-refractivity contribution < 1.29 is 14.7 Å². The molecule has 1 atom stereocenters. The summed E-state index contributed by atoms with van der Waals surface area (Å²) in [5, 5.41) is 13.4. The molecule has 0 aliphatic carbocycles. The number of hydrogen-bond donors (Lipinski definition) is 3. The fraction of sp³-hybridized carbons (Fsp3) is 0.273. The minimum absolute atomic E-state index is 0.0848. The van der Waals surface area contributed by atoms with Gasteiger partial charge in [-0.3, -0.25) is 15.0 Å². The zero-order valence-corrected chi connectivity index (χ0v) is 20.9. The Labute approximate surface area is 204 Å². The monoisotopic (exact) mass is 511 g/mol. The van der Waals surface area contributed by atoms with E-state index < -0.39 is 0 Å². The van der Waals surface area contributed by atoms with E-state index in [2.05, 4.69) is 10.9 Å². The summed E-state index contributed by atoms with van der Waals surface area (Å²) in [6, 6.07) is 8.11. The number of rotatable bonds is 8. The Morgan fingerprint density at radius 1 is 1.09 bits per heavy atom. The van der Waals surface area contributed by atoms with E-state index in [1.165, 1.54) is 11.3 Å². The average molecular weight is 512 g/mol. The van der Waals surface area contributed by atoms with E-state index >= 15 is 0 Å². The van der Waals surface area contributed by atoms with Gasteiger partial charge in [0.1, 0.15) is 5.75 Å². The highest BCUT2D eigenvalue weighted by atomic mass is 35.5. The van der Waals surface area contributed by atoms with Gasteiger partial charge in [0, 0.05) is 24.0 Å². The van der Waals surface area contributed by atoms with E-state index in [1.807, 2.05) is 26.2 Å². The highest BCUT2D eigenvalue weighted by Gasteiger charge is 2.20. The van der Waals surface area contributed by atoms with Gasteiger partial charge in [0.25, 0.3) is 11.8 Å². The summed E-state index contributed by atoms with van der Waals surface area (Å²) in [6.45, 7) is 6.89. The molecule has 6 nitrogen and oxygen atoms in total. The topological polar surface area (TPSA) is 81.7 Å². The third-order valence-corrected chi connectivity index (χ3v) is 7.78. The van der Waals surface area contributed by atoms with Gasteiger partial charge in [0.05, 0.1) is 30.7 Å². The van der Waals surface area contributed by atoms with E-state index in [0.29, 0.717) is 43.3 Å². The molecule has 0 saturated heterocycles. The first-order valence-corrected chi connectivity index (χ1v) is 12.4. The van der Waals surface area contributed by atoms with Crippen molar-refractivity contribution in [2.24, 2.45) is 0 Å². The lowest BCUT2D eigenvalue weighted by Gasteiger charge is -2.17. The fourth-order valence-corrected chi connectivity index (χ4v) is 5.29. The molecule has 3 aromatic rings. The molecule has 2 amide bonds. The largest absolute Gasteiger partial charge is 0.506 e. The van der Waals surface area contributed by atoms with E-state index in [0.717, 1.165) is 16.9 Å². The van der Waals surface area contributed by atoms with Crippen molar-refractivity contribution in [3.63, 3.8) is 0 Å². The second kappa shape index (κ2) is 10.7. The smallest absolute Gasteiger partial charge is 0.275 e. The molecule has 0 saturated carbocycles. The Bertz CT molecular complexity index is 1130. The first-order chi connectivity index (χ1) is 15.3. The molecule has 3 N–H and O–H groups in total. The van der Waals surface area contributed by atoms with E-state index in [9.17, 15) is 14.7 Å². The van der Waals surface area contributed by atoms with Crippen molar-refractivity contribution in [1.82, 2.24) is 15.8 Å². The number of carbonyl (C=O) groups excluding carboxylic acids is 2. The molecule has 1 aromatic carbocycles. The number of aromatic hydroxyl groups is 1. The lowest BCUT2D eigenvalue weighted by Crippen LogP contribution is -2.38. The number of nitrogens with zero attached hydrogens (tertiary/aromatic N) is 1. The molecule has 0 aliphatic heterocycles. The Hall–Kier alpha value is -2.10. The average Bonchev–Trinajstić information content (AvgIpc) is 3.42. The summed E-state index contributed by atoms with van der Waals surface area (Å²) in [7, 11) is 0. The van der Waals surface area contributed by atoms with Gasteiger partial charge in [-0.1, -0.05) is 29.3 Å². The Kier molecular flexibility index (Phi) is 8.19. The molecular weight excluding hydrogens is 489 g/mol. The van der Waals surface area contributed by atoms with Crippen LogP contribution >= 0.6 is 45.9 Å². The van der Waals surface area contributed by atoms with Gasteiger partial charge in [0.15, 0.2) is 0 Å². The number of halogens is 2. The number of hydrogen-bond acceptors (Lipinski definition) is 6. The van der Waals surface area contributed by atoms with Gasteiger partial charge in [-0.05, 0) is 50.6 Å². The second-order valence-electron chi connectivity index (χ2n) is 6.96. The Morgan fingerprint density at radius 2 is 1.78 bits per heavy atom. The van der Waals surface area contributed by atoms with Gasteiger partial charge in [-0.2, -0.15) is 0 Å². The summed E-state index contributed by atoms with van der Waals surface area (Å²) in [5.41, 5.74) is 6.97. The van der Waals surface area contributed by atoms with Gasteiger partial charge < -0.3 is 10.0 Å². The summed E-state index contributed by atoms with van der Waals surface area (Å²) < 4.78 is 0. The maximum Gasteiger partial charge on any atom is 0.275 e. The number of nitrogens with one attached hydrogen (secondary N) is 2. The second-order valence-corrected chi connectivity index (χ2v) is 9.74. The third-order valence-electron chi connectivity index (χ3n) is 4.93. The number of thiophene rings is 2. The maximum absolute atomic E-state index is 12.5. The number of benzene rings is 1. The predicted molar refractivity (Wildman–Crippen MR) is 132 cm³/mol. The predicted octanol–water partition coefficient (Wildman–Crippen LogP) is 5.97. The van der Waals surface area contributed by atoms with Gasteiger partial charge in [-0.15, -0.1) is 22.7 Å². The Balaban J connectivity index is 1.65. The molecule has 0 aliphatic rings. The van der Waals surface area contributed by atoms with Crippen LogP contribution in [0.4, 0.5) is 0 Å². The van der Waals surface area contributed by atoms with Crippen molar-refractivity contribution in [1.29, 1.82) is 0 Å². The van der Waals surface area contributed by atoms with Crippen LogP contribution in [0.3, 0.4) is 0 Å². The molecular formula is C22H23Cl2N3O3S2. The van der Waals surface area contributed by atoms with Crippen molar-refractivity contribution in [2.75, 3.05) is 13.1 Å². The SMILES string of the molecule is CCN(CC)C(=O)c1ccc(C(=O)NNC(C)c2csc(-c3ccc(Cl)c(Cl)c3)c2O)s1. The number of carbonyl (C=O) groups is 2. The first-order valence-electron chi connectivity index (χ1n) is 9.97. The van der Waals surface area contributed by atoms with Crippen LogP contribution in [0.5, 0.6) is 5.75 Å². The lowest BCUT2D eigenvalue weighted by atomic mass is 10.1. The van der Waals surface area contributed by atoms with Crippen LogP contribution in [0.2, 0.25) is 10.0 Å². The molecule has 2 heterocycles. The molecule has 2 aromatic heterocycles. The van der Waals surface area contributed by atoms with Crippen LogP contribution in [0.1, 0.15) is 51.7 Å². The molecule has 0 radical (unpaired) electrons. The molecule has 170 valence electrons. The van der Waals surface area contributed by atoms with Crippen molar-refractivity contribution >= 4 is 57.7 Å². The summed E-state index contributed by atoms with van der Waals surface area (Å²) >= 11 is 14.6. The molecule has 32 heavy (non-hydrogen) atoms. The van der Waals surface area contributed by atoms with Crippen LogP contribution in [0.25, 0.3) is 10.4 Å². The first kappa shape index (κ1) is 24.5. The van der Waals surface area contributed by atoms with Gasteiger partial charge >= 0.3 is 0 Å². The fourth-order valence-electron chi connectivity index (χ4n) is 3.07. The highest BCUT2D eigenvalue weighted by Crippen LogP contribution is 2.42. The molecule has 0 bridgehead atoms. The van der Waals surface area contributed by atoms with Gasteiger partial charge in [0.2, 0.25) is 0 Å². The third kappa shape index (κ3) is 5.27. The van der Waals surface area contributed by atoms with E-state index in [-0.39, 0.29) is 23.6 Å². The molecule has 0 spiro atoms. The summed E-state index contributed by atoms with van der Waals surface area (Å²) in [4.78, 5) is 28.3. The molecule has 1 unspecified atom stereocenters. The van der Waals surface area contributed by atoms with E-state index in [1.54, 1.807) is 35.2 Å². The lowest BCUT2D eigenvalue weighted by molar-refractivity contribution is 0.0777. The van der Waals surface area contributed by atoms with Crippen LogP contribution in [-0.4, -0.2) is 34.9 Å². The zero-order chi connectivity index (χ0) is 23.4. The van der Waals surface area contributed by atoms with Crippen LogP contribution in [0.15, 0.2) is 35.7 Å². The van der Waals surface area contributed by atoms with Crippen molar-refractivity contribution in [3.05, 3.63) is 61.1 Å². The van der Waals surface area contributed by atoms with E-state index in [4.69, 9.17) is 23.2 Å². The van der Waals surface area contributed by atoms with Crippen LogP contribution in [-0.2, 0) is 0 Å². The minimum Gasteiger partial charge on any atom is -0.506 e. The summed E-state index contributed by atoms with van der Waals surface area (Å²) in [5.74, 6) is -0.316. The standard InChI is InChI=1S/C22H23Cl2N3O3S2/c1-4-27(5-2)22(30)18-9-8-17(32-18)21(29)26-25-12(3)14-11-31-20(19(14)28)13-6-7-15(23)16(24)10-13/h6-12,25,28H,4-5H2,1-3H3,(H,26,29). The Morgan fingerprint density at radius 3 is 2.44 bits per heavy atom.